The van der Waals surface area contributed by atoms with Crippen LogP contribution in [0.2, 0.25) is 0 Å². The molecule has 1 aromatic carbocycles. The molecule has 1 amide bonds. The van der Waals surface area contributed by atoms with Crippen LogP contribution in [-0.2, 0) is 21.1 Å². The minimum Gasteiger partial charge on any atom is -0.357 e. The van der Waals surface area contributed by atoms with E-state index in [9.17, 15) is 13.2 Å². The molecule has 1 saturated heterocycles. The van der Waals surface area contributed by atoms with E-state index in [1.54, 1.807) is 0 Å². The lowest BCUT2D eigenvalue weighted by Crippen LogP contribution is -2.41. The van der Waals surface area contributed by atoms with Crippen molar-refractivity contribution in [1.29, 1.82) is 0 Å². The highest BCUT2D eigenvalue weighted by Crippen LogP contribution is 2.11. The van der Waals surface area contributed by atoms with Crippen LogP contribution in [0, 0.1) is 0 Å². The molecule has 7 nitrogen and oxygen atoms in total. The molecular formula is C19H30N4O3S. The van der Waals surface area contributed by atoms with Crippen molar-refractivity contribution in [3.8, 4) is 0 Å². The van der Waals surface area contributed by atoms with Crippen LogP contribution < -0.4 is 16.0 Å². The standard InChI is InChI=1S/C19H30N4O3S/c1-2-20-19(21-12-6-9-16-7-4-3-5-8-16)22-13-10-18(24)23-17-11-14-27(25,26)15-17/h3-5,7-8,17H,2,6,9-15H2,1H3,(H,23,24)(H2,20,21,22). The number of sulfone groups is 1. The number of aryl methyl sites for hydroxylation is 1. The molecule has 0 aliphatic carbocycles. The average molecular weight is 395 g/mol. The predicted octanol–water partition coefficient (Wildman–Crippen LogP) is 0.868. The fourth-order valence-corrected chi connectivity index (χ4v) is 4.64. The highest BCUT2D eigenvalue weighted by atomic mass is 32.2. The van der Waals surface area contributed by atoms with E-state index >= 15 is 0 Å². The van der Waals surface area contributed by atoms with Gasteiger partial charge in [-0.25, -0.2) is 8.42 Å². The van der Waals surface area contributed by atoms with E-state index in [0.29, 0.717) is 25.5 Å². The molecule has 0 aromatic heterocycles. The summed E-state index contributed by atoms with van der Waals surface area (Å²) in [6.45, 7) is 3.90. The van der Waals surface area contributed by atoms with Gasteiger partial charge in [0.2, 0.25) is 5.91 Å². The first-order valence-corrected chi connectivity index (χ1v) is 11.4. The molecule has 0 saturated carbocycles. The second-order valence-electron chi connectivity index (χ2n) is 6.69. The molecule has 1 fully saturated rings. The van der Waals surface area contributed by atoms with E-state index in [0.717, 1.165) is 19.4 Å². The number of guanidine groups is 1. The van der Waals surface area contributed by atoms with Crippen LogP contribution in [0.15, 0.2) is 35.3 Å². The summed E-state index contributed by atoms with van der Waals surface area (Å²) in [5.41, 5.74) is 1.30. The number of benzene rings is 1. The number of aliphatic imine (C=N–C) groups is 1. The lowest BCUT2D eigenvalue weighted by atomic mass is 10.1. The second kappa shape index (κ2) is 10.9. The van der Waals surface area contributed by atoms with E-state index in [2.05, 4.69) is 33.1 Å². The van der Waals surface area contributed by atoms with Gasteiger partial charge in [-0.1, -0.05) is 30.3 Å². The van der Waals surface area contributed by atoms with Gasteiger partial charge in [0.05, 0.1) is 11.5 Å². The fourth-order valence-electron chi connectivity index (χ4n) is 2.96. The van der Waals surface area contributed by atoms with E-state index in [4.69, 9.17) is 0 Å². The Labute approximate surface area is 162 Å². The van der Waals surface area contributed by atoms with Crippen molar-refractivity contribution < 1.29 is 13.2 Å². The van der Waals surface area contributed by atoms with Crippen LogP contribution in [-0.4, -0.2) is 57.5 Å². The summed E-state index contributed by atoms with van der Waals surface area (Å²) in [6, 6.07) is 10.1. The van der Waals surface area contributed by atoms with E-state index in [1.807, 2.05) is 25.1 Å². The molecule has 0 radical (unpaired) electrons. The van der Waals surface area contributed by atoms with Crippen LogP contribution in [0.25, 0.3) is 0 Å². The fraction of sp³-hybridized carbons (Fsp3) is 0.579. The maximum atomic E-state index is 12.0. The van der Waals surface area contributed by atoms with Crippen molar-refractivity contribution in [2.75, 3.05) is 31.1 Å². The molecule has 0 bridgehead atoms. The highest BCUT2D eigenvalue weighted by molar-refractivity contribution is 7.91. The molecule has 1 aliphatic rings. The number of carbonyl (C=O) groups is 1. The van der Waals surface area contributed by atoms with Gasteiger partial charge in [-0.05, 0) is 31.7 Å². The first-order chi connectivity index (χ1) is 13.0. The van der Waals surface area contributed by atoms with Gasteiger partial charge >= 0.3 is 0 Å². The normalized spacial score (nSPS) is 18.9. The molecule has 150 valence electrons. The van der Waals surface area contributed by atoms with Gasteiger partial charge in [-0.15, -0.1) is 0 Å². The highest BCUT2D eigenvalue weighted by Gasteiger charge is 2.28. The van der Waals surface area contributed by atoms with Crippen LogP contribution in [0.5, 0.6) is 0 Å². The quantitative estimate of drug-likeness (QED) is 0.328. The van der Waals surface area contributed by atoms with Gasteiger partial charge in [0.1, 0.15) is 0 Å². The summed E-state index contributed by atoms with van der Waals surface area (Å²) < 4.78 is 22.9. The third-order valence-electron chi connectivity index (χ3n) is 4.32. The molecule has 27 heavy (non-hydrogen) atoms. The Balaban J connectivity index is 1.66. The second-order valence-corrected chi connectivity index (χ2v) is 8.92. The Morgan fingerprint density at radius 1 is 1.22 bits per heavy atom. The van der Waals surface area contributed by atoms with Crippen molar-refractivity contribution in [3.63, 3.8) is 0 Å². The number of nitrogens with one attached hydrogen (secondary N) is 3. The smallest absolute Gasteiger partial charge is 0.222 e. The summed E-state index contributed by atoms with van der Waals surface area (Å²) in [5, 5.41) is 9.11. The van der Waals surface area contributed by atoms with Gasteiger partial charge in [-0.3, -0.25) is 9.79 Å². The van der Waals surface area contributed by atoms with Crippen molar-refractivity contribution in [1.82, 2.24) is 16.0 Å². The van der Waals surface area contributed by atoms with E-state index in [1.165, 1.54) is 5.56 Å². The minimum atomic E-state index is -2.97. The predicted molar refractivity (Wildman–Crippen MR) is 109 cm³/mol. The monoisotopic (exact) mass is 394 g/mol. The Kier molecular flexibility index (Phi) is 8.57. The van der Waals surface area contributed by atoms with Crippen LogP contribution in [0.1, 0.15) is 31.7 Å². The zero-order valence-electron chi connectivity index (χ0n) is 15.9. The van der Waals surface area contributed by atoms with Crippen molar-refractivity contribution in [3.05, 3.63) is 35.9 Å². The Hall–Kier alpha value is -2.09. The molecule has 0 spiro atoms. The third-order valence-corrected chi connectivity index (χ3v) is 6.09. The van der Waals surface area contributed by atoms with Gasteiger partial charge in [0, 0.05) is 32.1 Å². The molecule has 1 aromatic rings. The topological polar surface area (TPSA) is 99.7 Å². The van der Waals surface area contributed by atoms with Gasteiger partial charge in [0.15, 0.2) is 15.8 Å². The van der Waals surface area contributed by atoms with Crippen LogP contribution in [0.4, 0.5) is 0 Å². The summed E-state index contributed by atoms with van der Waals surface area (Å²) >= 11 is 0. The van der Waals surface area contributed by atoms with Gasteiger partial charge in [0.25, 0.3) is 0 Å². The molecule has 1 aliphatic heterocycles. The third kappa shape index (κ3) is 8.43. The summed E-state index contributed by atoms with van der Waals surface area (Å²) in [7, 11) is -2.97. The van der Waals surface area contributed by atoms with Crippen molar-refractivity contribution in [2.24, 2.45) is 4.99 Å². The summed E-state index contributed by atoms with van der Waals surface area (Å²) in [5.74, 6) is 0.778. The molecule has 1 heterocycles. The number of hydrogen-bond acceptors (Lipinski definition) is 4. The first-order valence-electron chi connectivity index (χ1n) is 9.54. The molecule has 2 rings (SSSR count). The van der Waals surface area contributed by atoms with Gasteiger partial charge < -0.3 is 16.0 Å². The molecule has 3 N–H and O–H groups in total. The number of hydrogen-bond donors (Lipinski definition) is 3. The number of nitrogens with zero attached hydrogens (tertiary/aromatic N) is 1. The molecule has 8 heteroatoms. The van der Waals surface area contributed by atoms with E-state index in [-0.39, 0.29) is 29.9 Å². The average Bonchev–Trinajstić information content (AvgIpc) is 2.98. The Morgan fingerprint density at radius 3 is 2.67 bits per heavy atom. The number of rotatable bonds is 9. The first kappa shape index (κ1) is 21.2. The Bertz CT molecular complexity index is 720. The molecule has 1 unspecified atom stereocenters. The minimum absolute atomic E-state index is 0.0533. The molecule has 1 atom stereocenters. The van der Waals surface area contributed by atoms with Crippen molar-refractivity contribution in [2.45, 2.75) is 38.6 Å². The summed E-state index contributed by atoms with van der Waals surface area (Å²) in [4.78, 5) is 16.5. The lowest BCUT2D eigenvalue weighted by molar-refractivity contribution is -0.121. The number of carbonyl (C=O) groups excluding carboxylic acids is 1. The van der Waals surface area contributed by atoms with Crippen LogP contribution in [0.3, 0.4) is 0 Å². The largest absolute Gasteiger partial charge is 0.357 e. The zero-order valence-corrected chi connectivity index (χ0v) is 16.7. The number of amides is 1. The maximum Gasteiger partial charge on any atom is 0.222 e. The zero-order chi connectivity index (χ0) is 19.5. The van der Waals surface area contributed by atoms with Crippen LogP contribution >= 0.6 is 0 Å². The van der Waals surface area contributed by atoms with E-state index < -0.39 is 9.84 Å². The summed E-state index contributed by atoms with van der Waals surface area (Å²) in [6.07, 6.45) is 2.73. The molecular weight excluding hydrogens is 364 g/mol. The van der Waals surface area contributed by atoms with Gasteiger partial charge in [-0.2, -0.15) is 0 Å². The maximum absolute atomic E-state index is 12.0. The lowest BCUT2D eigenvalue weighted by Gasteiger charge is -2.13. The Morgan fingerprint density at radius 2 is 2.00 bits per heavy atom. The SMILES string of the molecule is CCNC(=NCCCc1ccccc1)NCCC(=O)NC1CCS(=O)(=O)C1. The van der Waals surface area contributed by atoms with Crippen molar-refractivity contribution >= 4 is 21.7 Å².